The third kappa shape index (κ3) is 7.12. The van der Waals surface area contributed by atoms with Crippen LogP contribution in [0.3, 0.4) is 0 Å². The standard InChI is InChI=1S/C23H36N4O2/c1-20-8-4-5-9-21(20)10-11-24-22(28)18-25-14-16-26(17-15-25)19-23(29)27-12-6-2-3-7-13-27/h4-5,8-9H,2-3,6-7,10-19H2,1H3,(H,24,28). The summed E-state index contributed by atoms with van der Waals surface area (Å²) in [5, 5.41) is 3.04. The van der Waals surface area contributed by atoms with Crippen LogP contribution in [0.2, 0.25) is 0 Å². The first-order chi connectivity index (χ1) is 14.1. The molecule has 1 aromatic rings. The van der Waals surface area contributed by atoms with Gasteiger partial charge in [-0.2, -0.15) is 0 Å². The molecule has 6 nitrogen and oxygen atoms in total. The molecule has 0 aliphatic carbocycles. The van der Waals surface area contributed by atoms with Gasteiger partial charge in [0.25, 0.3) is 0 Å². The van der Waals surface area contributed by atoms with Crippen LogP contribution in [0.5, 0.6) is 0 Å². The third-order valence-electron chi connectivity index (χ3n) is 6.13. The first kappa shape index (κ1) is 21.8. The van der Waals surface area contributed by atoms with Crippen molar-refractivity contribution in [1.82, 2.24) is 20.0 Å². The Labute approximate surface area is 175 Å². The largest absolute Gasteiger partial charge is 0.355 e. The minimum absolute atomic E-state index is 0.0904. The van der Waals surface area contributed by atoms with E-state index < -0.39 is 0 Å². The molecule has 1 N–H and O–H groups in total. The van der Waals surface area contributed by atoms with Gasteiger partial charge in [-0.3, -0.25) is 19.4 Å². The van der Waals surface area contributed by atoms with Gasteiger partial charge in [-0.15, -0.1) is 0 Å². The number of benzene rings is 1. The molecule has 1 aromatic carbocycles. The summed E-state index contributed by atoms with van der Waals surface area (Å²) in [6.45, 7) is 8.99. The fourth-order valence-electron chi connectivity index (χ4n) is 4.20. The van der Waals surface area contributed by atoms with E-state index in [-0.39, 0.29) is 11.8 Å². The predicted molar refractivity (Wildman–Crippen MR) is 116 cm³/mol. The van der Waals surface area contributed by atoms with Gasteiger partial charge in [0.1, 0.15) is 0 Å². The molecule has 3 rings (SSSR count). The lowest BCUT2D eigenvalue weighted by atomic mass is 10.1. The highest BCUT2D eigenvalue weighted by Crippen LogP contribution is 2.11. The van der Waals surface area contributed by atoms with Gasteiger partial charge in [0.2, 0.25) is 11.8 Å². The zero-order valence-electron chi connectivity index (χ0n) is 17.9. The zero-order valence-corrected chi connectivity index (χ0v) is 17.9. The molecule has 0 spiro atoms. The van der Waals surface area contributed by atoms with E-state index in [1.807, 2.05) is 17.0 Å². The van der Waals surface area contributed by atoms with Crippen LogP contribution >= 0.6 is 0 Å². The van der Waals surface area contributed by atoms with Gasteiger partial charge in [-0.05, 0) is 37.3 Å². The van der Waals surface area contributed by atoms with Crippen molar-refractivity contribution in [2.24, 2.45) is 0 Å². The maximum Gasteiger partial charge on any atom is 0.236 e. The molecule has 2 heterocycles. The Kier molecular flexibility index (Phi) is 8.50. The molecule has 0 unspecified atom stereocenters. The highest BCUT2D eigenvalue weighted by molar-refractivity contribution is 5.78. The summed E-state index contributed by atoms with van der Waals surface area (Å²) in [5.41, 5.74) is 2.56. The number of rotatable bonds is 7. The molecular weight excluding hydrogens is 364 g/mol. The van der Waals surface area contributed by atoms with Crippen LogP contribution in [0.15, 0.2) is 24.3 Å². The molecule has 0 atom stereocenters. The van der Waals surface area contributed by atoms with Gasteiger partial charge < -0.3 is 10.2 Å². The Bertz CT molecular complexity index is 663. The summed E-state index contributed by atoms with van der Waals surface area (Å²) in [6, 6.07) is 8.31. The molecule has 29 heavy (non-hydrogen) atoms. The molecule has 0 aromatic heterocycles. The Morgan fingerprint density at radius 3 is 2.14 bits per heavy atom. The Hall–Kier alpha value is -1.92. The summed E-state index contributed by atoms with van der Waals surface area (Å²) < 4.78 is 0. The second-order valence-electron chi connectivity index (χ2n) is 8.37. The number of piperazine rings is 1. The van der Waals surface area contributed by atoms with Crippen LogP contribution in [-0.4, -0.2) is 85.4 Å². The van der Waals surface area contributed by atoms with Crippen molar-refractivity contribution in [2.45, 2.75) is 39.0 Å². The number of amides is 2. The SMILES string of the molecule is Cc1ccccc1CCNC(=O)CN1CCN(CC(=O)N2CCCCCC2)CC1. The van der Waals surface area contributed by atoms with E-state index in [9.17, 15) is 9.59 Å². The minimum atomic E-state index is 0.0904. The molecule has 6 heteroatoms. The van der Waals surface area contributed by atoms with Crippen molar-refractivity contribution in [2.75, 3.05) is 58.9 Å². The maximum atomic E-state index is 12.5. The van der Waals surface area contributed by atoms with Gasteiger partial charge in [0.15, 0.2) is 0 Å². The number of hydrogen-bond donors (Lipinski definition) is 1. The number of hydrogen-bond acceptors (Lipinski definition) is 4. The Morgan fingerprint density at radius 2 is 1.48 bits per heavy atom. The van der Waals surface area contributed by atoms with Crippen LogP contribution < -0.4 is 5.32 Å². The third-order valence-corrected chi connectivity index (χ3v) is 6.13. The monoisotopic (exact) mass is 400 g/mol. The topological polar surface area (TPSA) is 55.9 Å². The summed E-state index contributed by atoms with van der Waals surface area (Å²) in [6.07, 6.45) is 5.63. The van der Waals surface area contributed by atoms with Crippen molar-refractivity contribution in [3.63, 3.8) is 0 Å². The normalized spacial score (nSPS) is 19.0. The van der Waals surface area contributed by atoms with Gasteiger partial charge in [0.05, 0.1) is 13.1 Å². The van der Waals surface area contributed by atoms with Gasteiger partial charge in [-0.1, -0.05) is 37.1 Å². The Balaban J connectivity index is 1.31. The molecule has 0 saturated carbocycles. The number of aryl methyl sites for hydroxylation is 1. The van der Waals surface area contributed by atoms with Crippen LogP contribution in [0.1, 0.15) is 36.8 Å². The van der Waals surface area contributed by atoms with E-state index >= 15 is 0 Å². The first-order valence-electron chi connectivity index (χ1n) is 11.2. The Morgan fingerprint density at radius 1 is 0.862 bits per heavy atom. The fraction of sp³-hybridized carbons (Fsp3) is 0.652. The van der Waals surface area contributed by atoms with Crippen molar-refractivity contribution < 1.29 is 9.59 Å². The number of likely N-dealkylation sites (tertiary alicyclic amines) is 1. The average Bonchev–Trinajstić information content (AvgIpc) is 3.01. The van der Waals surface area contributed by atoms with Crippen molar-refractivity contribution >= 4 is 11.8 Å². The van der Waals surface area contributed by atoms with Gasteiger partial charge >= 0.3 is 0 Å². The first-order valence-corrected chi connectivity index (χ1v) is 11.2. The van der Waals surface area contributed by atoms with E-state index in [2.05, 4.69) is 34.2 Å². The molecule has 2 amide bonds. The summed E-state index contributed by atoms with van der Waals surface area (Å²) in [5.74, 6) is 0.363. The summed E-state index contributed by atoms with van der Waals surface area (Å²) in [7, 11) is 0. The summed E-state index contributed by atoms with van der Waals surface area (Å²) >= 11 is 0. The molecule has 2 fully saturated rings. The zero-order chi connectivity index (χ0) is 20.5. The predicted octanol–water partition coefficient (Wildman–Crippen LogP) is 1.67. The van der Waals surface area contributed by atoms with Crippen molar-refractivity contribution in [3.8, 4) is 0 Å². The second-order valence-corrected chi connectivity index (χ2v) is 8.37. The highest BCUT2D eigenvalue weighted by atomic mass is 16.2. The smallest absolute Gasteiger partial charge is 0.236 e. The van der Waals surface area contributed by atoms with Crippen LogP contribution in [-0.2, 0) is 16.0 Å². The van der Waals surface area contributed by atoms with Gasteiger partial charge in [-0.25, -0.2) is 0 Å². The van der Waals surface area contributed by atoms with E-state index in [0.29, 0.717) is 19.6 Å². The fourth-order valence-corrected chi connectivity index (χ4v) is 4.20. The number of nitrogens with zero attached hydrogens (tertiary/aromatic N) is 3. The van der Waals surface area contributed by atoms with Crippen LogP contribution in [0.4, 0.5) is 0 Å². The molecule has 0 radical (unpaired) electrons. The van der Waals surface area contributed by atoms with Crippen LogP contribution in [0.25, 0.3) is 0 Å². The number of carbonyl (C=O) groups excluding carboxylic acids is 2. The molecule has 2 saturated heterocycles. The van der Waals surface area contributed by atoms with Gasteiger partial charge in [0, 0.05) is 45.8 Å². The minimum Gasteiger partial charge on any atom is -0.355 e. The lowest BCUT2D eigenvalue weighted by Crippen LogP contribution is -2.52. The maximum absolute atomic E-state index is 12.5. The molecule has 2 aliphatic heterocycles. The molecule has 2 aliphatic rings. The van der Waals surface area contributed by atoms with E-state index in [4.69, 9.17) is 0 Å². The van der Waals surface area contributed by atoms with Crippen LogP contribution in [0, 0.1) is 6.92 Å². The lowest BCUT2D eigenvalue weighted by molar-refractivity contribution is -0.133. The molecule has 160 valence electrons. The van der Waals surface area contributed by atoms with Crippen molar-refractivity contribution in [3.05, 3.63) is 35.4 Å². The van der Waals surface area contributed by atoms with E-state index in [1.165, 1.54) is 24.0 Å². The molecular formula is C23H36N4O2. The number of carbonyl (C=O) groups is 2. The van der Waals surface area contributed by atoms with Crippen molar-refractivity contribution in [1.29, 1.82) is 0 Å². The van der Waals surface area contributed by atoms with E-state index in [1.54, 1.807) is 0 Å². The second kappa shape index (κ2) is 11.3. The average molecular weight is 401 g/mol. The number of nitrogens with one attached hydrogen (secondary N) is 1. The summed E-state index contributed by atoms with van der Waals surface area (Å²) in [4.78, 5) is 31.3. The van der Waals surface area contributed by atoms with E-state index in [0.717, 1.165) is 58.5 Å². The highest BCUT2D eigenvalue weighted by Gasteiger charge is 2.23. The quantitative estimate of drug-likeness (QED) is 0.757. The molecule has 0 bridgehead atoms. The lowest BCUT2D eigenvalue weighted by Gasteiger charge is -2.35.